The maximum absolute atomic E-state index is 13.3. The highest BCUT2D eigenvalue weighted by Gasteiger charge is 2.40. The van der Waals surface area contributed by atoms with E-state index in [1.165, 1.54) is 17.5 Å². The molecule has 0 saturated carbocycles. The van der Waals surface area contributed by atoms with E-state index in [2.05, 4.69) is 5.32 Å². The highest BCUT2D eigenvalue weighted by atomic mass is 35.5. The van der Waals surface area contributed by atoms with Crippen LogP contribution in [0.3, 0.4) is 0 Å². The summed E-state index contributed by atoms with van der Waals surface area (Å²) in [6.07, 6.45) is 0. The van der Waals surface area contributed by atoms with Crippen LogP contribution in [0.25, 0.3) is 0 Å². The molecule has 0 spiro atoms. The predicted octanol–water partition coefficient (Wildman–Crippen LogP) is 2.52. The molecule has 2 aromatic rings. The van der Waals surface area contributed by atoms with E-state index < -0.39 is 16.1 Å². The summed E-state index contributed by atoms with van der Waals surface area (Å²) >= 11 is 5.91. The summed E-state index contributed by atoms with van der Waals surface area (Å²) < 4.78 is 32.9. The second kappa shape index (κ2) is 7.26. The average Bonchev–Trinajstić information content (AvgIpc) is 2.62. The maximum atomic E-state index is 13.3. The zero-order valence-electron chi connectivity index (χ0n) is 14.4. The summed E-state index contributed by atoms with van der Waals surface area (Å²) in [5, 5.41) is 3.25. The standard InChI is InChI=1S/C18H19ClN2O4S/c1-12-11-15(25-2)7-8-16(12)26(23,24)21-10-9-20-18(22)17(21)13-3-5-14(19)6-4-13/h3-8,11,17H,9-10H2,1-2H3,(H,20,22). The number of nitrogens with one attached hydrogen (secondary N) is 1. The van der Waals surface area contributed by atoms with Gasteiger partial charge in [-0.2, -0.15) is 4.31 Å². The van der Waals surface area contributed by atoms with Gasteiger partial charge in [0.2, 0.25) is 15.9 Å². The van der Waals surface area contributed by atoms with Crippen LogP contribution >= 0.6 is 11.6 Å². The third-order valence-corrected chi connectivity index (χ3v) is 6.60. The quantitative estimate of drug-likeness (QED) is 0.864. The maximum Gasteiger partial charge on any atom is 0.244 e. The molecule has 0 aliphatic carbocycles. The summed E-state index contributed by atoms with van der Waals surface area (Å²) in [7, 11) is -2.35. The number of piperazine rings is 1. The third-order valence-electron chi connectivity index (χ3n) is 4.32. The fourth-order valence-corrected chi connectivity index (χ4v) is 4.94. The number of nitrogens with zero attached hydrogens (tertiary/aromatic N) is 1. The molecule has 1 fully saturated rings. The smallest absolute Gasteiger partial charge is 0.244 e. The first-order valence-corrected chi connectivity index (χ1v) is 9.86. The number of halogens is 1. The van der Waals surface area contributed by atoms with Gasteiger partial charge in [-0.05, 0) is 48.4 Å². The molecular weight excluding hydrogens is 376 g/mol. The van der Waals surface area contributed by atoms with Crippen molar-refractivity contribution < 1.29 is 17.9 Å². The molecular formula is C18H19ClN2O4S. The Labute approximate surface area is 157 Å². The lowest BCUT2D eigenvalue weighted by Crippen LogP contribution is -2.52. The van der Waals surface area contributed by atoms with Gasteiger partial charge >= 0.3 is 0 Å². The Bertz CT molecular complexity index is 929. The molecule has 0 bridgehead atoms. The number of rotatable bonds is 4. The second-order valence-electron chi connectivity index (χ2n) is 5.99. The van der Waals surface area contributed by atoms with Crippen LogP contribution in [0.15, 0.2) is 47.4 Å². The van der Waals surface area contributed by atoms with E-state index in [-0.39, 0.29) is 23.9 Å². The molecule has 6 nitrogen and oxygen atoms in total. The molecule has 0 radical (unpaired) electrons. The monoisotopic (exact) mass is 394 g/mol. The van der Waals surface area contributed by atoms with Crippen molar-refractivity contribution in [2.45, 2.75) is 17.9 Å². The lowest BCUT2D eigenvalue weighted by Gasteiger charge is -2.34. The fourth-order valence-electron chi connectivity index (χ4n) is 3.03. The molecule has 8 heteroatoms. The van der Waals surface area contributed by atoms with E-state index in [1.807, 2.05) is 0 Å². The second-order valence-corrected chi connectivity index (χ2v) is 8.29. The van der Waals surface area contributed by atoms with Gasteiger partial charge in [0, 0.05) is 18.1 Å². The molecule has 1 atom stereocenters. The number of sulfonamides is 1. The molecule has 1 unspecified atom stereocenters. The van der Waals surface area contributed by atoms with Gasteiger partial charge in [-0.3, -0.25) is 4.79 Å². The van der Waals surface area contributed by atoms with Crippen molar-refractivity contribution >= 4 is 27.5 Å². The summed E-state index contributed by atoms with van der Waals surface area (Å²) in [6.45, 7) is 2.15. The Morgan fingerprint density at radius 1 is 1.19 bits per heavy atom. The number of hydrogen-bond acceptors (Lipinski definition) is 4. The van der Waals surface area contributed by atoms with Gasteiger partial charge in [-0.1, -0.05) is 23.7 Å². The molecule has 1 aliphatic rings. The number of carbonyl (C=O) groups is 1. The van der Waals surface area contributed by atoms with Crippen molar-refractivity contribution in [3.63, 3.8) is 0 Å². The molecule has 0 aromatic heterocycles. The van der Waals surface area contributed by atoms with E-state index in [4.69, 9.17) is 16.3 Å². The van der Waals surface area contributed by atoms with Gasteiger partial charge in [0.25, 0.3) is 0 Å². The summed E-state index contributed by atoms with van der Waals surface area (Å²) in [6, 6.07) is 10.4. The molecule has 2 aromatic carbocycles. The minimum Gasteiger partial charge on any atom is -0.497 e. The fraction of sp³-hybridized carbons (Fsp3) is 0.278. The summed E-state index contributed by atoms with van der Waals surface area (Å²) in [5.74, 6) is 0.223. The van der Waals surface area contributed by atoms with Gasteiger partial charge in [0.05, 0.1) is 12.0 Å². The lowest BCUT2D eigenvalue weighted by molar-refractivity contribution is -0.126. The highest BCUT2D eigenvalue weighted by molar-refractivity contribution is 7.89. The molecule has 26 heavy (non-hydrogen) atoms. The Kier molecular flexibility index (Phi) is 5.22. The van der Waals surface area contributed by atoms with Gasteiger partial charge in [-0.15, -0.1) is 0 Å². The minimum atomic E-state index is -3.87. The largest absolute Gasteiger partial charge is 0.497 e. The van der Waals surface area contributed by atoms with E-state index in [0.29, 0.717) is 21.9 Å². The number of amides is 1. The topological polar surface area (TPSA) is 75.7 Å². The first-order valence-electron chi connectivity index (χ1n) is 8.04. The first kappa shape index (κ1) is 18.7. The van der Waals surface area contributed by atoms with E-state index in [0.717, 1.165) is 0 Å². The number of carbonyl (C=O) groups excluding carboxylic acids is 1. The SMILES string of the molecule is COc1ccc(S(=O)(=O)N2CCNC(=O)C2c2ccc(Cl)cc2)c(C)c1. The number of hydrogen-bond donors (Lipinski definition) is 1. The molecule has 1 N–H and O–H groups in total. The Balaban J connectivity index is 2.06. The van der Waals surface area contributed by atoms with Gasteiger partial charge in [0.15, 0.2) is 0 Å². The Hall–Kier alpha value is -2.09. The molecule has 138 valence electrons. The van der Waals surface area contributed by atoms with Crippen LogP contribution in [0.4, 0.5) is 0 Å². The molecule has 1 saturated heterocycles. The van der Waals surface area contributed by atoms with Gasteiger partial charge in [0.1, 0.15) is 11.8 Å². The number of benzene rings is 2. The highest BCUT2D eigenvalue weighted by Crippen LogP contribution is 2.32. The third kappa shape index (κ3) is 3.42. The van der Waals surface area contributed by atoms with Crippen LogP contribution < -0.4 is 10.1 Å². The van der Waals surface area contributed by atoms with Gasteiger partial charge in [-0.25, -0.2) is 8.42 Å². The van der Waals surface area contributed by atoms with Crippen LogP contribution in [0.5, 0.6) is 5.75 Å². The summed E-state index contributed by atoms with van der Waals surface area (Å²) in [5.41, 5.74) is 1.13. The Morgan fingerprint density at radius 3 is 2.50 bits per heavy atom. The minimum absolute atomic E-state index is 0.159. The van der Waals surface area contributed by atoms with Crippen LogP contribution in [-0.2, 0) is 14.8 Å². The van der Waals surface area contributed by atoms with Crippen LogP contribution in [0.1, 0.15) is 17.2 Å². The molecule has 1 heterocycles. The molecule has 3 rings (SSSR count). The normalized spacial score (nSPS) is 18.4. The average molecular weight is 395 g/mol. The molecule has 1 amide bonds. The van der Waals surface area contributed by atoms with Crippen molar-refractivity contribution in [2.24, 2.45) is 0 Å². The van der Waals surface area contributed by atoms with Crippen LogP contribution in [-0.4, -0.2) is 38.8 Å². The van der Waals surface area contributed by atoms with Crippen LogP contribution in [0, 0.1) is 6.92 Å². The van der Waals surface area contributed by atoms with Crippen molar-refractivity contribution in [2.75, 3.05) is 20.2 Å². The van der Waals surface area contributed by atoms with E-state index in [1.54, 1.807) is 43.3 Å². The molecule has 1 aliphatic heterocycles. The Morgan fingerprint density at radius 2 is 1.88 bits per heavy atom. The van der Waals surface area contributed by atoms with E-state index >= 15 is 0 Å². The summed E-state index contributed by atoms with van der Waals surface area (Å²) in [4.78, 5) is 12.6. The van der Waals surface area contributed by atoms with Crippen molar-refractivity contribution in [3.05, 3.63) is 58.6 Å². The van der Waals surface area contributed by atoms with Gasteiger partial charge < -0.3 is 10.1 Å². The van der Waals surface area contributed by atoms with Crippen molar-refractivity contribution in [1.29, 1.82) is 0 Å². The predicted molar refractivity (Wildman–Crippen MR) is 98.8 cm³/mol. The first-order chi connectivity index (χ1) is 12.3. The zero-order chi connectivity index (χ0) is 18.9. The number of methoxy groups -OCH3 is 1. The lowest BCUT2D eigenvalue weighted by atomic mass is 10.1. The van der Waals surface area contributed by atoms with E-state index in [9.17, 15) is 13.2 Å². The van der Waals surface area contributed by atoms with Crippen molar-refractivity contribution in [1.82, 2.24) is 9.62 Å². The van der Waals surface area contributed by atoms with Crippen LogP contribution in [0.2, 0.25) is 5.02 Å². The number of aryl methyl sites for hydroxylation is 1. The van der Waals surface area contributed by atoms with Crippen molar-refractivity contribution in [3.8, 4) is 5.75 Å². The zero-order valence-corrected chi connectivity index (χ0v) is 16.0. The number of ether oxygens (including phenoxy) is 1.